The molecule has 18 heavy (non-hydrogen) atoms. The van der Waals surface area contributed by atoms with E-state index in [1.807, 2.05) is 26.2 Å². The Hall–Kier alpha value is -1.62. The fourth-order valence-electron chi connectivity index (χ4n) is 1.75. The van der Waals surface area contributed by atoms with Crippen LogP contribution < -0.4 is 24.4 Å². The van der Waals surface area contributed by atoms with Gasteiger partial charge in [0.05, 0.1) is 21.3 Å². The Morgan fingerprint density at radius 3 is 2.00 bits per heavy atom. The van der Waals surface area contributed by atoms with Crippen LogP contribution in [0.5, 0.6) is 17.2 Å². The molecule has 1 N–H and O–H groups in total. The normalized spacial score (nSPS) is 10.1. The quantitative estimate of drug-likeness (QED) is 0.796. The van der Waals surface area contributed by atoms with Gasteiger partial charge in [0, 0.05) is 32.3 Å². The third-order valence-electron chi connectivity index (χ3n) is 2.77. The molecule has 5 nitrogen and oxygen atoms in total. The van der Waals surface area contributed by atoms with E-state index in [0.29, 0.717) is 0 Å². The summed E-state index contributed by atoms with van der Waals surface area (Å²) in [4.78, 5) is 2.09. The molecule has 0 heterocycles. The van der Waals surface area contributed by atoms with Crippen LogP contribution in [-0.4, -0.2) is 48.5 Å². The average Bonchev–Trinajstić information content (AvgIpc) is 2.42. The number of anilines is 1. The molecular formula is C13H22N2O3. The van der Waals surface area contributed by atoms with E-state index >= 15 is 0 Å². The van der Waals surface area contributed by atoms with Crippen LogP contribution in [-0.2, 0) is 0 Å². The first kappa shape index (κ1) is 14.4. The minimum absolute atomic E-state index is 0.717. The third kappa shape index (κ3) is 3.20. The molecule has 0 radical (unpaired) electrons. The van der Waals surface area contributed by atoms with E-state index in [-0.39, 0.29) is 0 Å². The first-order valence-electron chi connectivity index (χ1n) is 5.83. The van der Waals surface area contributed by atoms with Gasteiger partial charge in [-0.1, -0.05) is 0 Å². The zero-order chi connectivity index (χ0) is 13.5. The second kappa shape index (κ2) is 6.96. The highest BCUT2D eigenvalue weighted by molar-refractivity contribution is 5.70. The van der Waals surface area contributed by atoms with Crippen molar-refractivity contribution in [1.82, 2.24) is 5.32 Å². The second-order valence-electron chi connectivity index (χ2n) is 3.91. The van der Waals surface area contributed by atoms with Gasteiger partial charge in [0.15, 0.2) is 0 Å². The van der Waals surface area contributed by atoms with Crippen molar-refractivity contribution in [3.05, 3.63) is 12.1 Å². The van der Waals surface area contributed by atoms with Crippen LogP contribution >= 0.6 is 0 Å². The van der Waals surface area contributed by atoms with E-state index in [1.165, 1.54) is 0 Å². The number of hydrogen-bond acceptors (Lipinski definition) is 5. The fraction of sp³-hybridized carbons (Fsp3) is 0.538. The molecular weight excluding hydrogens is 232 g/mol. The molecule has 1 rings (SSSR count). The van der Waals surface area contributed by atoms with Gasteiger partial charge in [0.2, 0.25) is 0 Å². The van der Waals surface area contributed by atoms with Crippen molar-refractivity contribution in [1.29, 1.82) is 0 Å². The summed E-state index contributed by atoms with van der Waals surface area (Å²) >= 11 is 0. The van der Waals surface area contributed by atoms with Crippen LogP contribution in [0, 0.1) is 0 Å². The molecule has 1 aromatic carbocycles. The SMILES string of the molecule is CNCCN(C)c1c(OC)cc(OC)cc1OC. The number of nitrogens with one attached hydrogen (secondary N) is 1. The van der Waals surface area contributed by atoms with Crippen LogP contribution in [0.3, 0.4) is 0 Å². The lowest BCUT2D eigenvalue weighted by Gasteiger charge is -2.24. The highest BCUT2D eigenvalue weighted by Crippen LogP contribution is 2.40. The zero-order valence-corrected chi connectivity index (χ0v) is 11.7. The maximum Gasteiger partial charge on any atom is 0.149 e. The van der Waals surface area contributed by atoms with Gasteiger partial charge in [-0.15, -0.1) is 0 Å². The van der Waals surface area contributed by atoms with Crippen LogP contribution in [0.1, 0.15) is 0 Å². The van der Waals surface area contributed by atoms with Crippen LogP contribution in [0.25, 0.3) is 0 Å². The lowest BCUT2D eigenvalue weighted by Crippen LogP contribution is -2.27. The van der Waals surface area contributed by atoms with E-state index in [0.717, 1.165) is 36.0 Å². The molecule has 0 atom stereocenters. The largest absolute Gasteiger partial charge is 0.496 e. The Morgan fingerprint density at radius 2 is 1.61 bits per heavy atom. The summed E-state index contributed by atoms with van der Waals surface area (Å²) in [7, 11) is 8.84. The van der Waals surface area contributed by atoms with Crippen LogP contribution in [0.2, 0.25) is 0 Å². The third-order valence-corrected chi connectivity index (χ3v) is 2.77. The minimum atomic E-state index is 0.717. The van der Waals surface area contributed by atoms with Crippen molar-refractivity contribution >= 4 is 5.69 Å². The molecule has 0 aliphatic carbocycles. The van der Waals surface area contributed by atoms with Gasteiger partial charge >= 0.3 is 0 Å². The van der Waals surface area contributed by atoms with E-state index in [4.69, 9.17) is 14.2 Å². The summed E-state index contributed by atoms with van der Waals surface area (Å²) in [6, 6.07) is 3.71. The molecule has 0 aliphatic rings. The smallest absolute Gasteiger partial charge is 0.149 e. The number of rotatable bonds is 7. The van der Waals surface area contributed by atoms with Gasteiger partial charge in [-0.3, -0.25) is 0 Å². The topological polar surface area (TPSA) is 43.0 Å². The van der Waals surface area contributed by atoms with Crippen molar-refractivity contribution in [2.45, 2.75) is 0 Å². The van der Waals surface area contributed by atoms with E-state index in [9.17, 15) is 0 Å². The van der Waals surface area contributed by atoms with Crippen LogP contribution in [0.15, 0.2) is 12.1 Å². The highest BCUT2D eigenvalue weighted by atomic mass is 16.5. The zero-order valence-electron chi connectivity index (χ0n) is 11.7. The Kier molecular flexibility index (Phi) is 5.58. The standard InChI is InChI=1S/C13H22N2O3/c1-14-6-7-15(2)13-11(17-4)8-10(16-3)9-12(13)18-5/h8-9,14H,6-7H2,1-5H3. The number of nitrogens with zero attached hydrogens (tertiary/aromatic N) is 1. The Bertz CT molecular complexity index is 357. The van der Waals surface area contributed by atoms with Gasteiger partial charge in [0.25, 0.3) is 0 Å². The minimum Gasteiger partial charge on any atom is -0.496 e. The second-order valence-corrected chi connectivity index (χ2v) is 3.91. The molecule has 0 aliphatic heterocycles. The van der Waals surface area contributed by atoms with Gasteiger partial charge in [-0.2, -0.15) is 0 Å². The predicted octanol–water partition coefficient (Wildman–Crippen LogP) is 1.37. The van der Waals surface area contributed by atoms with Crippen molar-refractivity contribution < 1.29 is 14.2 Å². The van der Waals surface area contributed by atoms with Crippen molar-refractivity contribution in [3.63, 3.8) is 0 Å². The highest BCUT2D eigenvalue weighted by Gasteiger charge is 2.16. The molecule has 0 saturated carbocycles. The monoisotopic (exact) mass is 254 g/mol. The Labute approximate surface area is 109 Å². The maximum absolute atomic E-state index is 5.41. The van der Waals surface area contributed by atoms with Gasteiger partial charge < -0.3 is 24.4 Å². The maximum atomic E-state index is 5.41. The molecule has 102 valence electrons. The summed E-state index contributed by atoms with van der Waals surface area (Å²) in [5, 5.41) is 3.12. The summed E-state index contributed by atoms with van der Waals surface area (Å²) in [5.41, 5.74) is 0.927. The molecule has 5 heteroatoms. The van der Waals surface area contributed by atoms with Crippen LogP contribution in [0.4, 0.5) is 5.69 Å². The molecule has 0 amide bonds. The summed E-state index contributed by atoms with van der Waals surface area (Å²) < 4.78 is 16.0. The lowest BCUT2D eigenvalue weighted by atomic mass is 10.2. The average molecular weight is 254 g/mol. The molecule has 0 bridgehead atoms. The molecule has 1 aromatic rings. The number of methoxy groups -OCH3 is 3. The molecule has 0 spiro atoms. The van der Waals surface area contributed by atoms with Gasteiger partial charge in [-0.05, 0) is 7.05 Å². The van der Waals surface area contributed by atoms with Gasteiger partial charge in [-0.25, -0.2) is 0 Å². The molecule has 0 fully saturated rings. The fourth-order valence-corrected chi connectivity index (χ4v) is 1.75. The molecule has 0 unspecified atom stereocenters. The predicted molar refractivity (Wildman–Crippen MR) is 73.3 cm³/mol. The summed E-state index contributed by atoms with van der Waals surface area (Å²) in [5.74, 6) is 2.20. The summed E-state index contributed by atoms with van der Waals surface area (Å²) in [6.45, 7) is 1.74. The number of hydrogen-bond donors (Lipinski definition) is 1. The van der Waals surface area contributed by atoms with Crippen molar-refractivity contribution in [3.8, 4) is 17.2 Å². The van der Waals surface area contributed by atoms with Gasteiger partial charge in [0.1, 0.15) is 22.9 Å². The first-order chi connectivity index (χ1) is 8.67. The van der Waals surface area contributed by atoms with E-state index in [2.05, 4.69) is 10.2 Å². The van der Waals surface area contributed by atoms with Crippen molar-refractivity contribution in [2.75, 3.05) is 53.4 Å². The lowest BCUT2D eigenvalue weighted by molar-refractivity contribution is 0.375. The van der Waals surface area contributed by atoms with E-state index < -0.39 is 0 Å². The number of benzene rings is 1. The van der Waals surface area contributed by atoms with Crippen molar-refractivity contribution in [2.24, 2.45) is 0 Å². The molecule has 0 aromatic heterocycles. The Morgan fingerprint density at radius 1 is 1.06 bits per heavy atom. The van der Waals surface area contributed by atoms with E-state index in [1.54, 1.807) is 21.3 Å². The summed E-state index contributed by atoms with van der Waals surface area (Å²) in [6.07, 6.45) is 0. The number of likely N-dealkylation sites (N-methyl/N-ethyl adjacent to an activating group) is 2. The number of ether oxygens (including phenoxy) is 3. The molecule has 0 saturated heterocycles. The Balaban J connectivity index is 3.13. The first-order valence-corrected chi connectivity index (χ1v) is 5.83.